The molecule has 1 heterocycles. The summed E-state index contributed by atoms with van der Waals surface area (Å²) in [7, 11) is 0. The molecule has 9 heteroatoms. The monoisotopic (exact) mass is 258 g/mol. The number of hydrogen-bond donors (Lipinski definition) is 3. The molecule has 0 fully saturated rings. The molecule has 0 aromatic heterocycles. The van der Waals surface area contributed by atoms with E-state index in [1.54, 1.807) is 0 Å². The van der Waals surface area contributed by atoms with Crippen molar-refractivity contribution >= 4 is 35.0 Å². The van der Waals surface area contributed by atoms with Crippen molar-refractivity contribution in [2.75, 3.05) is 6.61 Å². The number of carbonyl (C=O) groups is 2. The molecule has 0 radical (unpaired) electrons. The minimum atomic E-state index is -1.48. The van der Waals surface area contributed by atoms with Crippen LogP contribution in [-0.2, 0) is 14.3 Å². The molecule has 1 aliphatic rings. The molecule has 0 unspecified atom stereocenters. The van der Waals surface area contributed by atoms with Gasteiger partial charge in [0.15, 0.2) is 5.76 Å². The summed E-state index contributed by atoms with van der Waals surface area (Å²) in [6, 6.07) is 0. The standard InChI is InChI=1S/C6H8O6.C2H4O2.Mg/c7-1-2(8)5-3(9)4(10)6(11)12-5;1-2(3)4;/h2,5,7-10H,1H2;1H3,(H,3,4);/q;;+2/p-2/t2-,5+;;/m0../s1. The Morgan fingerprint density at radius 3 is 2.24 bits per heavy atom. The van der Waals surface area contributed by atoms with E-state index in [-0.39, 0.29) is 23.1 Å². The van der Waals surface area contributed by atoms with Crippen LogP contribution in [0.1, 0.15) is 6.92 Å². The summed E-state index contributed by atoms with van der Waals surface area (Å²) in [5.74, 6) is -4.29. The van der Waals surface area contributed by atoms with E-state index in [2.05, 4.69) is 4.74 Å². The molecular formula is C8H10MgO8. The predicted molar refractivity (Wildman–Crippen MR) is 49.1 cm³/mol. The number of aliphatic carboxylic acids is 1. The van der Waals surface area contributed by atoms with Crippen molar-refractivity contribution in [1.29, 1.82) is 0 Å². The molecule has 0 aromatic rings. The minimum Gasteiger partial charge on any atom is -0.870 e. The summed E-state index contributed by atoms with van der Waals surface area (Å²) in [5, 5.41) is 45.7. The average molecular weight is 258 g/mol. The summed E-state index contributed by atoms with van der Waals surface area (Å²) < 4.78 is 4.25. The fourth-order valence-electron chi connectivity index (χ4n) is 0.809. The Hall–Kier alpha value is -1.03. The van der Waals surface area contributed by atoms with E-state index in [1.165, 1.54) is 0 Å². The van der Waals surface area contributed by atoms with Gasteiger partial charge in [0.1, 0.15) is 12.2 Å². The second-order valence-electron chi connectivity index (χ2n) is 2.78. The zero-order valence-electron chi connectivity index (χ0n) is 8.95. The molecule has 3 N–H and O–H groups in total. The number of esters is 1. The van der Waals surface area contributed by atoms with Gasteiger partial charge in [0.25, 0.3) is 0 Å². The van der Waals surface area contributed by atoms with Crippen molar-refractivity contribution in [3.05, 3.63) is 11.5 Å². The van der Waals surface area contributed by atoms with Crippen molar-refractivity contribution in [3.63, 3.8) is 0 Å². The molecule has 0 saturated heterocycles. The molecule has 2 atom stereocenters. The molecular weight excluding hydrogens is 248 g/mol. The van der Waals surface area contributed by atoms with Crippen LogP contribution in [-0.4, -0.2) is 69.1 Å². The van der Waals surface area contributed by atoms with Gasteiger partial charge < -0.3 is 35.1 Å². The Morgan fingerprint density at radius 2 is 2.00 bits per heavy atom. The molecule has 0 saturated carbocycles. The summed E-state index contributed by atoms with van der Waals surface area (Å²) >= 11 is 0. The molecule has 92 valence electrons. The molecule has 17 heavy (non-hydrogen) atoms. The average Bonchev–Trinajstić information content (AvgIpc) is 2.44. The fourth-order valence-corrected chi connectivity index (χ4v) is 0.809. The molecule has 1 aliphatic heterocycles. The Balaban J connectivity index is 0. The SMILES string of the molecule is CC(=O)[O-].O=C1O[C@H]([C@@H](O)CO)C([O-])=C1O.[Mg+2]. The van der Waals surface area contributed by atoms with Crippen LogP contribution in [0.25, 0.3) is 0 Å². The topological polar surface area (TPSA) is 150 Å². The zero-order valence-corrected chi connectivity index (χ0v) is 10.4. The van der Waals surface area contributed by atoms with Crippen LogP contribution < -0.4 is 10.2 Å². The largest absolute Gasteiger partial charge is 2.00 e. The van der Waals surface area contributed by atoms with Gasteiger partial charge in [-0.1, -0.05) is 0 Å². The molecule has 0 bridgehead atoms. The van der Waals surface area contributed by atoms with Crippen LogP contribution >= 0.6 is 0 Å². The van der Waals surface area contributed by atoms with Crippen LogP contribution in [0.4, 0.5) is 0 Å². The van der Waals surface area contributed by atoms with Gasteiger partial charge in [-0.3, -0.25) is 0 Å². The van der Waals surface area contributed by atoms with Crippen molar-refractivity contribution < 1.29 is 39.9 Å². The Labute approximate surface area is 112 Å². The summed E-state index contributed by atoms with van der Waals surface area (Å²) in [6.07, 6.45) is -2.95. The molecule has 1 rings (SSSR count). The van der Waals surface area contributed by atoms with E-state index in [0.717, 1.165) is 6.92 Å². The van der Waals surface area contributed by atoms with Crippen LogP contribution in [0.3, 0.4) is 0 Å². The minimum absolute atomic E-state index is 0. The maximum atomic E-state index is 10.8. The number of hydrogen-bond acceptors (Lipinski definition) is 8. The molecule has 8 nitrogen and oxygen atoms in total. The van der Waals surface area contributed by atoms with E-state index in [0.29, 0.717) is 0 Å². The first-order valence-electron chi connectivity index (χ1n) is 4.08. The number of carboxylic acid groups (broad SMARTS) is 1. The first-order valence-corrected chi connectivity index (χ1v) is 4.08. The maximum Gasteiger partial charge on any atom is 2.00 e. The third kappa shape index (κ3) is 5.72. The number of ether oxygens (including phenoxy) is 1. The van der Waals surface area contributed by atoms with Gasteiger partial charge in [0.2, 0.25) is 0 Å². The van der Waals surface area contributed by atoms with Crippen LogP contribution in [0, 0.1) is 0 Å². The van der Waals surface area contributed by atoms with Gasteiger partial charge in [-0.25, -0.2) is 4.79 Å². The molecule has 0 aromatic carbocycles. The van der Waals surface area contributed by atoms with Gasteiger partial charge in [-0.05, 0) is 12.7 Å². The van der Waals surface area contributed by atoms with Gasteiger partial charge >= 0.3 is 29.0 Å². The first kappa shape index (κ1) is 18.3. The van der Waals surface area contributed by atoms with E-state index in [9.17, 15) is 9.90 Å². The van der Waals surface area contributed by atoms with Crippen molar-refractivity contribution in [2.45, 2.75) is 19.1 Å². The summed E-state index contributed by atoms with van der Waals surface area (Å²) in [4.78, 5) is 19.4. The van der Waals surface area contributed by atoms with Gasteiger partial charge in [-0.15, -0.1) is 0 Å². The van der Waals surface area contributed by atoms with Crippen molar-refractivity contribution in [1.82, 2.24) is 0 Å². The number of aliphatic hydroxyl groups is 3. The van der Waals surface area contributed by atoms with Crippen molar-refractivity contribution in [3.8, 4) is 0 Å². The van der Waals surface area contributed by atoms with Crippen LogP contribution in [0.15, 0.2) is 11.5 Å². The number of aliphatic hydroxyl groups excluding tert-OH is 3. The maximum absolute atomic E-state index is 10.8. The van der Waals surface area contributed by atoms with Gasteiger partial charge in [-0.2, -0.15) is 0 Å². The summed E-state index contributed by atoms with van der Waals surface area (Å²) in [6.45, 7) is 0.261. The van der Waals surface area contributed by atoms with Crippen LogP contribution in [0.2, 0.25) is 0 Å². The van der Waals surface area contributed by atoms with Crippen molar-refractivity contribution in [2.24, 2.45) is 0 Å². The molecule has 0 aliphatic carbocycles. The number of carbonyl (C=O) groups excluding carboxylic acids is 2. The molecule has 0 amide bonds. The quantitative estimate of drug-likeness (QED) is 0.333. The Bertz CT molecular complexity index is 309. The van der Waals surface area contributed by atoms with E-state index in [4.69, 9.17) is 25.2 Å². The van der Waals surface area contributed by atoms with E-state index >= 15 is 0 Å². The van der Waals surface area contributed by atoms with Crippen LogP contribution in [0.5, 0.6) is 0 Å². The second kappa shape index (κ2) is 8.12. The Kier molecular flexibility index (Phi) is 8.75. The summed E-state index contributed by atoms with van der Waals surface area (Å²) in [5.41, 5.74) is 0. The second-order valence-corrected chi connectivity index (χ2v) is 2.78. The zero-order chi connectivity index (χ0) is 12.9. The van der Waals surface area contributed by atoms with E-state index < -0.39 is 42.3 Å². The first-order chi connectivity index (χ1) is 7.31. The third-order valence-corrected chi connectivity index (χ3v) is 1.46. The number of carboxylic acids is 1. The van der Waals surface area contributed by atoms with Gasteiger partial charge in [0.05, 0.1) is 6.61 Å². The molecule has 0 spiro atoms. The Morgan fingerprint density at radius 1 is 1.59 bits per heavy atom. The number of rotatable bonds is 2. The smallest absolute Gasteiger partial charge is 0.870 e. The fraction of sp³-hybridized carbons (Fsp3) is 0.500. The van der Waals surface area contributed by atoms with E-state index in [1.807, 2.05) is 0 Å². The normalized spacial score (nSPS) is 19.7. The number of cyclic esters (lactones) is 1. The third-order valence-electron chi connectivity index (χ3n) is 1.46. The van der Waals surface area contributed by atoms with Gasteiger partial charge in [0, 0.05) is 5.97 Å². The predicted octanol–water partition coefficient (Wildman–Crippen LogP) is -4.23.